The quantitative estimate of drug-likeness (QED) is 0.877. The van der Waals surface area contributed by atoms with E-state index in [0.717, 1.165) is 21.1 Å². The Morgan fingerprint density at radius 3 is 2.73 bits per heavy atom. The van der Waals surface area contributed by atoms with Crippen molar-refractivity contribution in [3.63, 3.8) is 0 Å². The minimum absolute atomic E-state index is 0. The molecule has 2 rings (SSSR count). The largest absolute Gasteiger partial charge is 0.506 e. The number of benzene rings is 1. The summed E-state index contributed by atoms with van der Waals surface area (Å²) in [6.45, 7) is 0. The summed E-state index contributed by atoms with van der Waals surface area (Å²) in [5.41, 5.74) is 0.809. The first-order chi connectivity index (χ1) is 6.70. The zero-order chi connectivity index (χ0) is 10.1. The zero-order valence-corrected chi connectivity index (χ0v) is 10.3. The normalized spacial score (nSPS) is 9.73. The van der Waals surface area contributed by atoms with E-state index in [1.807, 2.05) is 12.1 Å². The number of ether oxygens (including phenoxy) is 1. The van der Waals surface area contributed by atoms with E-state index >= 15 is 0 Å². The van der Waals surface area contributed by atoms with Crippen molar-refractivity contribution in [1.82, 2.24) is 4.98 Å². The van der Waals surface area contributed by atoms with Gasteiger partial charge in [0.05, 0.1) is 18.8 Å². The SMILES string of the molecule is COc1cc(Br)c2ncc(O)cc2c1.Cl. The van der Waals surface area contributed by atoms with Gasteiger partial charge in [-0.05, 0) is 34.1 Å². The van der Waals surface area contributed by atoms with E-state index in [9.17, 15) is 5.11 Å². The van der Waals surface area contributed by atoms with Gasteiger partial charge >= 0.3 is 0 Å². The Kier molecular flexibility index (Phi) is 3.77. The van der Waals surface area contributed by atoms with Gasteiger partial charge in [0.2, 0.25) is 0 Å². The van der Waals surface area contributed by atoms with Crippen LogP contribution in [0.1, 0.15) is 0 Å². The molecule has 0 amide bonds. The van der Waals surface area contributed by atoms with Crippen LogP contribution in [0.3, 0.4) is 0 Å². The molecule has 3 nitrogen and oxygen atoms in total. The molecule has 0 spiro atoms. The van der Waals surface area contributed by atoms with Crippen molar-refractivity contribution in [1.29, 1.82) is 0 Å². The van der Waals surface area contributed by atoms with Crippen LogP contribution in [0.15, 0.2) is 28.9 Å². The number of methoxy groups -OCH3 is 1. The topological polar surface area (TPSA) is 42.4 Å². The van der Waals surface area contributed by atoms with E-state index < -0.39 is 0 Å². The van der Waals surface area contributed by atoms with Crippen molar-refractivity contribution in [3.05, 3.63) is 28.9 Å². The predicted octanol–water partition coefficient (Wildman–Crippen LogP) is 3.13. The number of hydrogen-bond acceptors (Lipinski definition) is 3. The fourth-order valence-corrected chi connectivity index (χ4v) is 1.84. The summed E-state index contributed by atoms with van der Waals surface area (Å²) in [5.74, 6) is 0.884. The fraction of sp³-hybridized carbons (Fsp3) is 0.100. The molecule has 0 saturated carbocycles. The molecule has 0 aliphatic rings. The third-order valence-electron chi connectivity index (χ3n) is 1.93. The molecule has 80 valence electrons. The molecule has 1 aromatic carbocycles. The highest BCUT2D eigenvalue weighted by Crippen LogP contribution is 2.29. The maximum Gasteiger partial charge on any atom is 0.134 e. The molecule has 1 N–H and O–H groups in total. The molecular formula is C10H9BrClNO2. The first kappa shape index (κ1) is 12.1. The van der Waals surface area contributed by atoms with E-state index in [1.165, 1.54) is 6.20 Å². The lowest BCUT2D eigenvalue weighted by atomic mass is 10.2. The van der Waals surface area contributed by atoms with Gasteiger partial charge in [-0.25, -0.2) is 0 Å². The number of aromatic hydroxyl groups is 1. The van der Waals surface area contributed by atoms with Gasteiger partial charge in [0, 0.05) is 9.86 Å². The first-order valence-corrected chi connectivity index (χ1v) is 4.82. The van der Waals surface area contributed by atoms with Gasteiger partial charge in [0.25, 0.3) is 0 Å². The summed E-state index contributed by atoms with van der Waals surface area (Å²) in [5, 5.41) is 10.1. The van der Waals surface area contributed by atoms with Crippen LogP contribution in [0, 0.1) is 0 Å². The maximum absolute atomic E-state index is 9.27. The molecule has 0 atom stereocenters. The van der Waals surface area contributed by atoms with Gasteiger partial charge in [0.1, 0.15) is 11.5 Å². The Hall–Kier alpha value is -1.00. The number of aromatic nitrogens is 1. The average molecular weight is 291 g/mol. The lowest BCUT2D eigenvalue weighted by Gasteiger charge is -2.04. The molecule has 1 heterocycles. The van der Waals surface area contributed by atoms with Crippen molar-refractivity contribution >= 4 is 39.2 Å². The Morgan fingerprint density at radius 1 is 1.33 bits per heavy atom. The van der Waals surface area contributed by atoms with Crippen LogP contribution >= 0.6 is 28.3 Å². The molecule has 15 heavy (non-hydrogen) atoms. The maximum atomic E-state index is 9.27. The number of nitrogens with zero attached hydrogens (tertiary/aromatic N) is 1. The van der Waals surface area contributed by atoms with E-state index in [4.69, 9.17) is 4.74 Å². The average Bonchev–Trinajstić information content (AvgIpc) is 2.16. The zero-order valence-electron chi connectivity index (χ0n) is 7.90. The standard InChI is InChI=1S/C10H8BrNO2.ClH/c1-14-8-3-6-2-7(13)5-12-10(6)9(11)4-8;/h2-5,13H,1H3;1H. The van der Waals surface area contributed by atoms with Crippen LogP contribution in [0.4, 0.5) is 0 Å². The van der Waals surface area contributed by atoms with E-state index in [1.54, 1.807) is 13.2 Å². The summed E-state index contributed by atoms with van der Waals surface area (Å²) < 4.78 is 5.96. The summed E-state index contributed by atoms with van der Waals surface area (Å²) in [6.07, 6.45) is 1.42. The summed E-state index contributed by atoms with van der Waals surface area (Å²) in [4.78, 5) is 4.10. The van der Waals surface area contributed by atoms with E-state index in [-0.39, 0.29) is 18.2 Å². The predicted molar refractivity (Wildman–Crippen MR) is 64.9 cm³/mol. The number of rotatable bonds is 1. The highest BCUT2D eigenvalue weighted by atomic mass is 79.9. The summed E-state index contributed by atoms with van der Waals surface area (Å²) in [7, 11) is 1.60. The number of pyridine rings is 1. The molecule has 0 unspecified atom stereocenters. The van der Waals surface area contributed by atoms with Crippen molar-refractivity contribution in [2.75, 3.05) is 7.11 Å². The van der Waals surface area contributed by atoms with Gasteiger partial charge in [-0.2, -0.15) is 0 Å². The smallest absolute Gasteiger partial charge is 0.134 e. The molecule has 0 aliphatic heterocycles. The van der Waals surface area contributed by atoms with Gasteiger partial charge in [-0.1, -0.05) is 0 Å². The van der Waals surface area contributed by atoms with Crippen molar-refractivity contribution in [2.24, 2.45) is 0 Å². The van der Waals surface area contributed by atoms with Gasteiger partial charge in [0.15, 0.2) is 0 Å². The molecule has 0 aliphatic carbocycles. The lowest BCUT2D eigenvalue weighted by molar-refractivity contribution is 0.415. The summed E-state index contributed by atoms with van der Waals surface area (Å²) >= 11 is 3.39. The second kappa shape index (κ2) is 4.68. The Labute approximate surface area is 102 Å². The molecule has 0 fully saturated rings. The van der Waals surface area contributed by atoms with Crippen LogP contribution < -0.4 is 4.74 Å². The number of hydrogen-bond donors (Lipinski definition) is 1. The Balaban J connectivity index is 0.00000112. The van der Waals surface area contributed by atoms with Crippen LogP contribution in [0.25, 0.3) is 10.9 Å². The van der Waals surface area contributed by atoms with Crippen molar-refractivity contribution in [3.8, 4) is 11.5 Å². The fourth-order valence-electron chi connectivity index (χ4n) is 1.29. The van der Waals surface area contributed by atoms with Crippen molar-refractivity contribution in [2.45, 2.75) is 0 Å². The molecular weight excluding hydrogens is 281 g/mol. The van der Waals surface area contributed by atoms with Crippen molar-refractivity contribution < 1.29 is 9.84 Å². The third-order valence-corrected chi connectivity index (χ3v) is 2.54. The minimum Gasteiger partial charge on any atom is -0.506 e. The first-order valence-electron chi connectivity index (χ1n) is 4.03. The highest BCUT2D eigenvalue weighted by Gasteiger charge is 2.04. The monoisotopic (exact) mass is 289 g/mol. The molecule has 1 aromatic heterocycles. The molecule has 0 radical (unpaired) electrons. The Bertz CT molecular complexity index is 490. The van der Waals surface area contributed by atoms with Crippen LogP contribution in [-0.4, -0.2) is 17.2 Å². The van der Waals surface area contributed by atoms with Gasteiger partial charge < -0.3 is 9.84 Å². The van der Waals surface area contributed by atoms with Crippen LogP contribution in [0.5, 0.6) is 11.5 Å². The minimum atomic E-state index is 0. The Morgan fingerprint density at radius 2 is 2.07 bits per heavy atom. The third kappa shape index (κ3) is 2.33. The van der Waals surface area contributed by atoms with E-state index in [2.05, 4.69) is 20.9 Å². The molecule has 0 bridgehead atoms. The molecule has 5 heteroatoms. The molecule has 0 saturated heterocycles. The second-order valence-corrected chi connectivity index (χ2v) is 3.73. The lowest BCUT2D eigenvalue weighted by Crippen LogP contribution is -1.85. The summed E-state index contributed by atoms with van der Waals surface area (Å²) in [6, 6.07) is 5.31. The van der Waals surface area contributed by atoms with Crippen LogP contribution in [-0.2, 0) is 0 Å². The van der Waals surface area contributed by atoms with Gasteiger partial charge in [-0.3, -0.25) is 4.98 Å². The number of fused-ring (bicyclic) bond motifs is 1. The second-order valence-electron chi connectivity index (χ2n) is 2.87. The van der Waals surface area contributed by atoms with Gasteiger partial charge in [-0.15, -0.1) is 12.4 Å². The molecule has 2 aromatic rings. The van der Waals surface area contributed by atoms with E-state index in [0.29, 0.717) is 0 Å². The highest BCUT2D eigenvalue weighted by molar-refractivity contribution is 9.10. The van der Waals surface area contributed by atoms with Crippen LogP contribution in [0.2, 0.25) is 0 Å². The number of halogens is 2.